The van der Waals surface area contributed by atoms with E-state index in [1.165, 1.54) is 4.57 Å². The Bertz CT molecular complexity index is 1820. The minimum absolute atomic E-state index is 0.143. The van der Waals surface area contributed by atoms with Crippen molar-refractivity contribution in [3.05, 3.63) is 82.7 Å². The first-order chi connectivity index (χ1) is 24.3. The summed E-state index contributed by atoms with van der Waals surface area (Å²) in [5.41, 5.74) is 4.72. The summed E-state index contributed by atoms with van der Waals surface area (Å²) >= 11 is 0. The van der Waals surface area contributed by atoms with Crippen LogP contribution in [0, 0.1) is 0 Å². The van der Waals surface area contributed by atoms with Crippen LogP contribution in [0.2, 0.25) is 0 Å². The van der Waals surface area contributed by atoms with Gasteiger partial charge in [0.1, 0.15) is 23.0 Å². The topological polar surface area (TPSA) is 119 Å². The number of aromatic nitrogens is 3. The number of aryl methyl sites for hydroxylation is 1. The van der Waals surface area contributed by atoms with Gasteiger partial charge >= 0.3 is 0 Å². The van der Waals surface area contributed by atoms with Crippen LogP contribution in [0.5, 0.6) is 0 Å². The van der Waals surface area contributed by atoms with Crippen molar-refractivity contribution < 1.29 is 14.6 Å². The minimum Gasteiger partial charge on any atom is -0.392 e. The van der Waals surface area contributed by atoms with Crippen molar-refractivity contribution in [2.45, 2.75) is 57.7 Å². The molecule has 7 rings (SSSR count). The average Bonchev–Trinajstić information content (AvgIpc) is 3.20. The smallest absolute Gasteiger partial charge is 0.275 e. The number of hydrogen-bond acceptors (Lipinski definition) is 10. The molecule has 3 saturated heterocycles. The highest BCUT2D eigenvalue weighted by atomic mass is 16.5. The monoisotopic (exact) mass is 680 g/mol. The van der Waals surface area contributed by atoms with Gasteiger partial charge in [0.05, 0.1) is 37.7 Å². The van der Waals surface area contributed by atoms with Crippen molar-refractivity contribution in [2.75, 3.05) is 67.6 Å². The number of anilines is 4. The summed E-state index contributed by atoms with van der Waals surface area (Å²) in [7, 11) is 1.70. The summed E-state index contributed by atoms with van der Waals surface area (Å²) in [5, 5.41) is 13.9. The van der Waals surface area contributed by atoms with E-state index in [1.807, 2.05) is 24.4 Å². The van der Waals surface area contributed by atoms with Gasteiger partial charge in [0.2, 0.25) is 0 Å². The number of hydrogen-bond donors (Lipinski definition) is 2. The van der Waals surface area contributed by atoms with E-state index in [0.717, 1.165) is 82.8 Å². The zero-order valence-electron chi connectivity index (χ0n) is 29.2. The maximum Gasteiger partial charge on any atom is 0.275 e. The molecule has 12 nitrogen and oxygen atoms in total. The first-order valence-corrected chi connectivity index (χ1v) is 17.9. The molecular formula is C38H48N8O4. The lowest BCUT2D eigenvalue weighted by Crippen LogP contribution is -2.60. The molecule has 12 heteroatoms. The number of piperazine rings is 2. The number of aliphatic hydroxyl groups is 1. The van der Waals surface area contributed by atoms with Gasteiger partial charge in [-0.1, -0.05) is 25.5 Å². The normalized spacial score (nSPS) is 21.9. The van der Waals surface area contributed by atoms with E-state index in [2.05, 4.69) is 44.6 Å². The minimum atomic E-state index is -0.326. The van der Waals surface area contributed by atoms with Gasteiger partial charge in [0.15, 0.2) is 0 Å². The third kappa shape index (κ3) is 6.79. The average molecular weight is 681 g/mol. The third-order valence-electron chi connectivity index (χ3n) is 10.6. The van der Waals surface area contributed by atoms with E-state index in [1.54, 1.807) is 30.4 Å². The lowest BCUT2D eigenvalue weighted by Gasteiger charge is -2.47. The Kier molecular flexibility index (Phi) is 10.0. The standard InChI is InChI=1S/C38H48N8O4/c1-4-28-22-44(30-24-50-25-30)15-16-45(28)29-9-10-35(40-20-29)41-33-19-27(21-42(3)37(33)48)31-11-12-39-36(32(31)23-47)46-17-14-43-13-7-5-6-8-26(2)18-34(43)38(46)49/h9-12,18-21,28,30,47H,2,4-8,13-17,22-25H2,1,3H3,(H,40,41)/b34-18-/t28-/m0/s1. The molecule has 3 fully saturated rings. The number of fused-ring (bicyclic) bond motifs is 1. The van der Waals surface area contributed by atoms with Crippen LogP contribution in [0.3, 0.4) is 0 Å². The van der Waals surface area contributed by atoms with Crippen molar-refractivity contribution >= 4 is 28.9 Å². The summed E-state index contributed by atoms with van der Waals surface area (Å²) < 4.78 is 6.94. The zero-order valence-corrected chi connectivity index (χ0v) is 29.2. The van der Waals surface area contributed by atoms with Crippen LogP contribution in [0.25, 0.3) is 11.1 Å². The van der Waals surface area contributed by atoms with Gasteiger partial charge < -0.3 is 29.5 Å². The second kappa shape index (κ2) is 14.8. The number of carbonyl (C=O) groups is 1. The first kappa shape index (κ1) is 34.0. The van der Waals surface area contributed by atoms with Crippen molar-refractivity contribution in [2.24, 2.45) is 7.05 Å². The molecule has 0 bridgehead atoms. The Morgan fingerprint density at radius 1 is 1.04 bits per heavy atom. The molecule has 0 saturated carbocycles. The summed E-state index contributed by atoms with van der Waals surface area (Å²) in [4.78, 5) is 45.4. The Balaban J connectivity index is 1.13. The molecule has 50 heavy (non-hydrogen) atoms. The summed E-state index contributed by atoms with van der Waals surface area (Å²) in [5.74, 6) is 0.845. The molecule has 0 unspecified atom stereocenters. The van der Waals surface area contributed by atoms with E-state index in [4.69, 9.17) is 9.72 Å². The molecule has 7 heterocycles. The molecule has 264 valence electrons. The third-order valence-corrected chi connectivity index (χ3v) is 10.6. The van der Waals surface area contributed by atoms with E-state index < -0.39 is 0 Å². The number of rotatable bonds is 8. The molecule has 1 amide bonds. The molecule has 0 aliphatic carbocycles. The van der Waals surface area contributed by atoms with Gasteiger partial charge in [-0.05, 0) is 61.6 Å². The maximum absolute atomic E-state index is 14.0. The predicted octanol–water partition coefficient (Wildman–Crippen LogP) is 4.04. The van der Waals surface area contributed by atoms with Crippen LogP contribution in [0.15, 0.2) is 71.6 Å². The van der Waals surface area contributed by atoms with Crippen LogP contribution >= 0.6 is 0 Å². The van der Waals surface area contributed by atoms with Crippen molar-refractivity contribution in [1.82, 2.24) is 24.3 Å². The lowest BCUT2D eigenvalue weighted by atomic mass is 10.0. The SMILES string of the molecule is C=C1/C=C2/C(=O)N(c3nccc(-c4cc(Nc5ccc(N6CCN(C7COC7)C[C@@H]6CC)cn5)c(=O)n(C)c4)c3CO)CCN2CCCCC1. The summed E-state index contributed by atoms with van der Waals surface area (Å²) in [6, 6.07) is 8.50. The Morgan fingerprint density at radius 3 is 2.64 bits per heavy atom. The summed E-state index contributed by atoms with van der Waals surface area (Å²) in [6.45, 7) is 12.7. The Hall–Kier alpha value is -4.52. The van der Waals surface area contributed by atoms with Gasteiger partial charge in [0, 0.05) is 75.9 Å². The van der Waals surface area contributed by atoms with Gasteiger partial charge in [-0.15, -0.1) is 0 Å². The maximum atomic E-state index is 14.0. The number of pyridine rings is 3. The highest BCUT2D eigenvalue weighted by molar-refractivity contribution is 6.06. The van der Waals surface area contributed by atoms with Crippen molar-refractivity contribution in [3.8, 4) is 11.1 Å². The largest absolute Gasteiger partial charge is 0.392 e. The van der Waals surface area contributed by atoms with Gasteiger partial charge in [-0.3, -0.25) is 19.4 Å². The van der Waals surface area contributed by atoms with Crippen LogP contribution in [0.4, 0.5) is 23.0 Å². The Labute approximate surface area is 293 Å². The second-order valence-corrected chi connectivity index (χ2v) is 13.8. The van der Waals surface area contributed by atoms with Crippen LogP contribution in [0.1, 0.15) is 44.6 Å². The fourth-order valence-corrected chi connectivity index (χ4v) is 7.59. The molecule has 3 aromatic rings. The molecule has 4 aliphatic rings. The number of ether oxygens (including phenoxy) is 1. The molecule has 0 aromatic carbocycles. The fourth-order valence-electron chi connectivity index (χ4n) is 7.59. The predicted molar refractivity (Wildman–Crippen MR) is 196 cm³/mol. The van der Waals surface area contributed by atoms with Crippen molar-refractivity contribution in [3.63, 3.8) is 0 Å². The number of allylic oxidation sites excluding steroid dienone is 2. The molecule has 3 aromatic heterocycles. The number of nitrogens with one attached hydrogen (secondary N) is 1. The number of aliphatic hydroxyl groups excluding tert-OH is 1. The fraction of sp³-hybridized carbons (Fsp3) is 0.474. The van der Waals surface area contributed by atoms with E-state index >= 15 is 0 Å². The first-order valence-electron chi connectivity index (χ1n) is 17.9. The van der Waals surface area contributed by atoms with E-state index in [9.17, 15) is 14.7 Å². The van der Waals surface area contributed by atoms with Gasteiger partial charge in [-0.2, -0.15) is 0 Å². The zero-order chi connectivity index (χ0) is 34.8. The van der Waals surface area contributed by atoms with E-state index in [0.29, 0.717) is 64.9 Å². The molecule has 1 atom stereocenters. The highest BCUT2D eigenvalue weighted by Crippen LogP contribution is 2.34. The van der Waals surface area contributed by atoms with E-state index in [-0.39, 0.29) is 18.1 Å². The number of carbonyl (C=O) groups excluding carboxylic acids is 1. The quantitative estimate of drug-likeness (QED) is 0.361. The molecule has 2 N–H and O–H groups in total. The van der Waals surface area contributed by atoms with Crippen molar-refractivity contribution in [1.29, 1.82) is 0 Å². The second-order valence-electron chi connectivity index (χ2n) is 13.8. The molecule has 0 spiro atoms. The van der Waals surface area contributed by atoms with Gasteiger partial charge in [-0.25, -0.2) is 9.97 Å². The molecule has 4 aliphatic heterocycles. The Morgan fingerprint density at radius 2 is 1.90 bits per heavy atom. The number of amides is 1. The van der Waals surface area contributed by atoms with Crippen LogP contribution < -0.4 is 20.7 Å². The molecule has 0 radical (unpaired) electrons. The highest BCUT2D eigenvalue weighted by Gasteiger charge is 2.34. The summed E-state index contributed by atoms with van der Waals surface area (Å²) in [6.07, 6.45) is 12.3. The number of nitrogens with zero attached hydrogens (tertiary/aromatic N) is 7. The lowest BCUT2D eigenvalue weighted by molar-refractivity contribution is -0.117. The van der Waals surface area contributed by atoms with Crippen LogP contribution in [-0.4, -0.2) is 99.9 Å². The van der Waals surface area contributed by atoms with Gasteiger partial charge in [0.25, 0.3) is 11.5 Å². The van der Waals surface area contributed by atoms with Crippen LogP contribution in [-0.2, 0) is 23.2 Å². The molecular weight excluding hydrogens is 632 g/mol.